The fourth-order valence-electron chi connectivity index (χ4n) is 2.74. The van der Waals surface area contributed by atoms with E-state index in [1.54, 1.807) is 49.4 Å². The molecule has 6 heteroatoms. The minimum atomic E-state index is -1.05. The first-order valence-electron chi connectivity index (χ1n) is 8.06. The highest BCUT2D eigenvalue weighted by atomic mass is 35.5. The zero-order valence-electron chi connectivity index (χ0n) is 14.3. The Morgan fingerprint density at radius 2 is 1.59 bits per heavy atom. The second kappa shape index (κ2) is 7.82. The van der Waals surface area contributed by atoms with Gasteiger partial charge in [-0.15, -0.1) is 0 Å². The van der Waals surface area contributed by atoms with Crippen LogP contribution in [0.1, 0.15) is 26.3 Å². The fourth-order valence-corrected chi connectivity index (χ4v) is 3.13. The molecule has 3 rings (SSSR count). The number of aromatic carboxylic acids is 1. The number of hydrogen-bond donors (Lipinski definition) is 2. The maximum absolute atomic E-state index is 12.7. The molecule has 0 unspecified atom stereocenters. The van der Waals surface area contributed by atoms with E-state index < -0.39 is 11.9 Å². The normalized spacial score (nSPS) is 10.5. The van der Waals surface area contributed by atoms with Crippen molar-refractivity contribution in [2.75, 3.05) is 5.32 Å². The summed E-state index contributed by atoms with van der Waals surface area (Å²) >= 11 is 12.3. The van der Waals surface area contributed by atoms with Gasteiger partial charge in [0.15, 0.2) is 0 Å². The Balaban J connectivity index is 1.95. The van der Waals surface area contributed by atoms with Gasteiger partial charge in [-0.25, -0.2) is 4.79 Å². The summed E-state index contributed by atoms with van der Waals surface area (Å²) in [6, 6.07) is 17.1. The Hall–Kier alpha value is -2.82. The summed E-state index contributed by atoms with van der Waals surface area (Å²) in [6.07, 6.45) is 0. The minimum Gasteiger partial charge on any atom is -0.478 e. The number of rotatable bonds is 4. The first-order chi connectivity index (χ1) is 12.9. The molecule has 0 aromatic heterocycles. The summed E-state index contributed by atoms with van der Waals surface area (Å²) in [5.41, 5.74) is 2.96. The number of anilines is 1. The Kier molecular flexibility index (Phi) is 5.49. The molecule has 2 N–H and O–H groups in total. The molecule has 0 aliphatic rings. The highest BCUT2D eigenvalue weighted by molar-refractivity contribution is 6.34. The highest BCUT2D eigenvalue weighted by Gasteiger charge is 2.16. The molecule has 3 aromatic rings. The van der Waals surface area contributed by atoms with E-state index in [1.807, 2.05) is 12.1 Å². The molecule has 0 radical (unpaired) electrons. The Morgan fingerprint density at radius 3 is 2.30 bits per heavy atom. The third kappa shape index (κ3) is 4.13. The minimum absolute atomic E-state index is 0.131. The molecule has 0 saturated carbocycles. The molecule has 0 fully saturated rings. The zero-order valence-corrected chi connectivity index (χ0v) is 15.8. The Bertz CT molecular complexity index is 1050. The van der Waals surface area contributed by atoms with Crippen LogP contribution < -0.4 is 5.32 Å². The maximum atomic E-state index is 12.7. The van der Waals surface area contributed by atoms with Gasteiger partial charge in [-0.2, -0.15) is 0 Å². The molecule has 27 heavy (non-hydrogen) atoms. The van der Waals surface area contributed by atoms with Crippen LogP contribution in [0, 0.1) is 6.92 Å². The van der Waals surface area contributed by atoms with Crippen molar-refractivity contribution in [1.82, 2.24) is 0 Å². The topological polar surface area (TPSA) is 66.4 Å². The van der Waals surface area contributed by atoms with Gasteiger partial charge in [0.25, 0.3) is 5.91 Å². The molecular formula is C21H15Cl2NO3. The van der Waals surface area contributed by atoms with Crippen LogP contribution >= 0.6 is 23.2 Å². The van der Waals surface area contributed by atoms with Crippen LogP contribution in [-0.4, -0.2) is 17.0 Å². The van der Waals surface area contributed by atoms with Gasteiger partial charge in [0, 0.05) is 10.7 Å². The number of carbonyl (C=O) groups excluding carboxylic acids is 1. The van der Waals surface area contributed by atoms with Crippen molar-refractivity contribution in [3.63, 3.8) is 0 Å². The lowest BCUT2D eigenvalue weighted by molar-refractivity contribution is 0.0695. The second-order valence-electron chi connectivity index (χ2n) is 5.94. The molecule has 0 heterocycles. The number of hydrogen-bond acceptors (Lipinski definition) is 2. The summed E-state index contributed by atoms with van der Waals surface area (Å²) in [7, 11) is 0. The molecule has 136 valence electrons. The first-order valence-corrected chi connectivity index (χ1v) is 8.82. The molecule has 4 nitrogen and oxygen atoms in total. The van der Waals surface area contributed by atoms with E-state index in [0.29, 0.717) is 21.3 Å². The summed E-state index contributed by atoms with van der Waals surface area (Å²) in [4.78, 5) is 24.0. The molecule has 0 atom stereocenters. The number of carbonyl (C=O) groups is 2. The van der Waals surface area contributed by atoms with Gasteiger partial charge >= 0.3 is 5.97 Å². The standard InChI is InChI=1S/C21H15Cl2NO3/c1-12-16(21(26)27)6-3-7-19(12)24-20(25)17-11-14(8-9-18(17)23)13-4-2-5-15(22)10-13/h2-11H,1H3,(H,24,25)(H,26,27). The van der Waals surface area contributed by atoms with Crippen LogP contribution in [0.15, 0.2) is 60.7 Å². The quantitative estimate of drug-likeness (QED) is 0.571. The van der Waals surface area contributed by atoms with Crippen molar-refractivity contribution >= 4 is 40.8 Å². The van der Waals surface area contributed by atoms with Crippen LogP contribution in [0.5, 0.6) is 0 Å². The molecule has 0 saturated heterocycles. The predicted octanol–water partition coefficient (Wildman–Crippen LogP) is 5.92. The van der Waals surface area contributed by atoms with Crippen molar-refractivity contribution in [2.45, 2.75) is 6.92 Å². The fraction of sp³-hybridized carbons (Fsp3) is 0.0476. The van der Waals surface area contributed by atoms with Crippen molar-refractivity contribution < 1.29 is 14.7 Å². The van der Waals surface area contributed by atoms with Gasteiger partial charge in [-0.1, -0.05) is 47.5 Å². The molecule has 0 aliphatic heterocycles. The van der Waals surface area contributed by atoms with E-state index in [4.69, 9.17) is 23.2 Å². The molecule has 0 aliphatic carbocycles. The van der Waals surface area contributed by atoms with Crippen LogP contribution in [0.3, 0.4) is 0 Å². The third-order valence-corrected chi connectivity index (χ3v) is 4.75. The van der Waals surface area contributed by atoms with E-state index in [2.05, 4.69) is 5.32 Å². The number of amides is 1. The molecule has 1 amide bonds. The van der Waals surface area contributed by atoms with Gasteiger partial charge in [0.2, 0.25) is 0 Å². The SMILES string of the molecule is Cc1c(NC(=O)c2cc(-c3cccc(Cl)c3)ccc2Cl)cccc1C(=O)O. The van der Waals surface area contributed by atoms with Crippen LogP contribution in [-0.2, 0) is 0 Å². The lowest BCUT2D eigenvalue weighted by Crippen LogP contribution is -2.14. The molecule has 0 spiro atoms. The number of halogens is 2. The van der Waals surface area contributed by atoms with E-state index in [9.17, 15) is 14.7 Å². The van der Waals surface area contributed by atoms with Crippen LogP contribution in [0.4, 0.5) is 5.69 Å². The number of carboxylic acids is 1. The third-order valence-electron chi connectivity index (χ3n) is 4.18. The summed E-state index contributed by atoms with van der Waals surface area (Å²) in [5.74, 6) is -1.47. The average molecular weight is 400 g/mol. The average Bonchev–Trinajstić information content (AvgIpc) is 2.63. The van der Waals surface area contributed by atoms with Gasteiger partial charge in [-0.3, -0.25) is 4.79 Å². The number of carboxylic acid groups (broad SMARTS) is 1. The largest absolute Gasteiger partial charge is 0.478 e. The van der Waals surface area contributed by atoms with Crippen molar-refractivity contribution in [3.05, 3.63) is 87.4 Å². The predicted molar refractivity (Wildman–Crippen MR) is 108 cm³/mol. The lowest BCUT2D eigenvalue weighted by atomic mass is 10.0. The van der Waals surface area contributed by atoms with Crippen molar-refractivity contribution in [2.24, 2.45) is 0 Å². The summed E-state index contributed by atoms with van der Waals surface area (Å²) in [6.45, 7) is 1.64. The highest BCUT2D eigenvalue weighted by Crippen LogP contribution is 2.28. The second-order valence-corrected chi connectivity index (χ2v) is 6.79. The van der Waals surface area contributed by atoms with Gasteiger partial charge in [0.05, 0.1) is 16.1 Å². The van der Waals surface area contributed by atoms with E-state index in [0.717, 1.165) is 11.1 Å². The Labute approximate surface area is 166 Å². The van der Waals surface area contributed by atoms with Crippen LogP contribution in [0.25, 0.3) is 11.1 Å². The van der Waals surface area contributed by atoms with E-state index in [1.165, 1.54) is 6.07 Å². The molecule has 3 aromatic carbocycles. The monoisotopic (exact) mass is 399 g/mol. The van der Waals surface area contributed by atoms with Crippen molar-refractivity contribution in [3.8, 4) is 11.1 Å². The van der Waals surface area contributed by atoms with Gasteiger partial charge < -0.3 is 10.4 Å². The zero-order chi connectivity index (χ0) is 19.6. The summed E-state index contributed by atoms with van der Waals surface area (Å²) in [5, 5.41) is 12.9. The van der Waals surface area contributed by atoms with Crippen molar-refractivity contribution in [1.29, 1.82) is 0 Å². The number of benzene rings is 3. The number of nitrogens with one attached hydrogen (secondary N) is 1. The van der Waals surface area contributed by atoms with E-state index in [-0.39, 0.29) is 11.1 Å². The van der Waals surface area contributed by atoms with Crippen LogP contribution in [0.2, 0.25) is 10.0 Å². The summed E-state index contributed by atoms with van der Waals surface area (Å²) < 4.78 is 0. The first kappa shape index (κ1) is 19.0. The Morgan fingerprint density at radius 1 is 0.889 bits per heavy atom. The lowest BCUT2D eigenvalue weighted by Gasteiger charge is -2.12. The molecule has 0 bridgehead atoms. The van der Waals surface area contributed by atoms with Gasteiger partial charge in [0.1, 0.15) is 0 Å². The maximum Gasteiger partial charge on any atom is 0.336 e. The van der Waals surface area contributed by atoms with Gasteiger partial charge in [-0.05, 0) is 60.0 Å². The molecular weight excluding hydrogens is 385 g/mol. The van der Waals surface area contributed by atoms with E-state index >= 15 is 0 Å². The smallest absolute Gasteiger partial charge is 0.336 e.